The third-order valence-electron chi connectivity index (χ3n) is 8.51. The van der Waals surface area contributed by atoms with Crippen molar-refractivity contribution in [3.63, 3.8) is 0 Å². The number of alkyl halides is 3. The molecule has 41 heavy (non-hydrogen) atoms. The molecule has 1 atom stereocenters. The number of ether oxygens (including phenoxy) is 1. The molecule has 1 amide bonds. The third-order valence-corrected chi connectivity index (χ3v) is 8.51. The van der Waals surface area contributed by atoms with Crippen LogP contribution in [-0.2, 0) is 10.9 Å². The van der Waals surface area contributed by atoms with E-state index < -0.39 is 17.7 Å². The predicted octanol–water partition coefficient (Wildman–Crippen LogP) is 5.43. The van der Waals surface area contributed by atoms with E-state index in [1.807, 2.05) is 10.7 Å². The van der Waals surface area contributed by atoms with Crippen molar-refractivity contribution in [2.75, 3.05) is 38.2 Å². The lowest BCUT2D eigenvalue weighted by molar-refractivity contribution is -0.138. The van der Waals surface area contributed by atoms with Gasteiger partial charge in [0.15, 0.2) is 0 Å². The average Bonchev–Trinajstić information content (AvgIpc) is 3.53. The smallest absolute Gasteiger partial charge is 0.416 e. The van der Waals surface area contributed by atoms with Crippen molar-refractivity contribution < 1.29 is 27.5 Å². The fourth-order valence-electron chi connectivity index (χ4n) is 6.22. The maximum absolute atomic E-state index is 13.7. The molecule has 1 aliphatic carbocycles. The summed E-state index contributed by atoms with van der Waals surface area (Å²) < 4.78 is 47.6. The zero-order chi connectivity index (χ0) is 28.7. The minimum Gasteiger partial charge on any atom is -0.465 e. The fraction of sp³-hybridized carbons (Fsp3) is 0.467. The van der Waals surface area contributed by atoms with Gasteiger partial charge in [0.25, 0.3) is 5.91 Å². The van der Waals surface area contributed by atoms with Gasteiger partial charge in [0.05, 0.1) is 41.7 Å². The van der Waals surface area contributed by atoms with E-state index in [4.69, 9.17) is 9.84 Å². The highest BCUT2D eigenvalue weighted by Gasteiger charge is 2.40. The Morgan fingerprint density at radius 1 is 0.927 bits per heavy atom. The maximum Gasteiger partial charge on any atom is 0.416 e. The molecule has 2 aromatic heterocycles. The first kappa shape index (κ1) is 27.3. The van der Waals surface area contributed by atoms with E-state index in [0.717, 1.165) is 56.4 Å². The van der Waals surface area contributed by atoms with Gasteiger partial charge in [-0.25, -0.2) is 9.78 Å². The molecule has 1 unspecified atom stereocenters. The molecule has 1 aromatic carbocycles. The Bertz CT molecular complexity index is 1430. The molecule has 0 bridgehead atoms. The van der Waals surface area contributed by atoms with Crippen molar-refractivity contribution in [2.24, 2.45) is 0 Å². The van der Waals surface area contributed by atoms with Crippen molar-refractivity contribution in [1.29, 1.82) is 0 Å². The zero-order valence-electron chi connectivity index (χ0n) is 22.8. The Balaban J connectivity index is 1.15. The van der Waals surface area contributed by atoms with Crippen LogP contribution >= 0.6 is 0 Å². The highest BCUT2D eigenvalue weighted by Crippen LogP contribution is 2.44. The van der Waals surface area contributed by atoms with Gasteiger partial charge in [0.1, 0.15) is 5.82 Å². The van der Waals surface area contributed by atoms with Gasteiger partial charge in [-0.05, 0) is 55.9 Å². The SMILES string of the molecule is COC(=O)c1ccc(N2CCC(n3ncc(C(=O)N4CCC(c5ccccc5C(F)(F)F)C4)c3C3CC3)CC2)nc1. The second-order valence-corrected chi connectivity index (χ2v) is 11.1. The lowest BCUT2D eigenvalue weighted by atomic mass is 9.93. The number of piperidine rings is 1. The van der Waals surface area contributed by atoms with Gasteiger partial charge in [-0.15, -0.1) is 0 Å². The molecule has 8 nitrogen and oxygen atoms in total. The van der Waals surface area contributed by atoms with Crippen molar-refractivity contribution >= 4 is 17.7 Å². The standard InChI is InChI=1S/C30H32F3N5O3/c1-41-29(40)20-8-9-26(34-16-20)36-14-11-22(12-15-36)38-27(19-6-7-19)24(17-35-38)28(39)37-13-10-21(18-37)23-4-2-3-5-25(23)30(31,32)33/h2-5,8-9,16-17,19,21-22H,6-7,10-15,18H2,1H3. The van der Waals surface area contributed by atoms with Crippen LogP contribution in [0.1, 0.15) is 87.5 Å². The van der Waals surface area contributed by atoms with Gasteiger partial charge in [0.2, 0.25) is 0 Å². The summed E-state index contributed by atoms with van der Waals surface area (Å²) in [6.07, 6.45) is 2.92. The van der Waals surface area contributed by atoms with Crippen LogP contribution in [-0.4, -0.2) is 64.8 Å². The number of esters is 1. The summed E-state index contributed by atoms with van der Waals surface area (Å²) in [5.74, 6) is 0.167. The molecule has 0 N–H and O–H groups in total. The van der Waals surface area contributed by atoms with Crippen LogP contribution in [0.25, 0.3) is 0 Å². The van der Waals surface area contributed by atoms with Gasteiger partial charge in [-0.3, -0.25) is 9.48 Å². The monoisotopic (exact) mass is 567 g/mol. The van der Waals surface area contributed by atoms with Crippen LogP contribution in [0.4, 0.5) is 19.0 Å². The number of amides is 1. The molecule has 0 spiro atoms. The van der Waals surface area contributed by atoms with Gasteiger partial charge in [-0.2, -0.15) is 18.3 Å². The summed E-state index contributed by atoms with van der Waals surface area (Å²) in [5, 5.41) is 4.69. The lowest BCUT2D eigenvalue weighted by Crippen LogP contribution is -2.36. The predicted molar refractivity (Wildman–Crippen MR) is 145 cm³/mol. The highest BCUT2D eigenvalue weighted by molar-refractivity contribution is 5.95. The number of carbonyl (C=O) groups is 2. The fourth-order valence-corrected chi connectivity index (χ4v) is 6.22. The number of hydrogen-bond donors (Lipinski definition) is 0. The van der Waals surface area contributed by atoms with Crippen LogP contribution in [0, 0.1) is 0 Å². The van der Waals surface area contributed by atoms with E-state index >= 15 is 0 Å². The van der Waals surface area contributed by atoms with E-state index in [2.05, 4.69) is 9.88 Å². The number of halogens is 3. The minimum atomic E-state index is -4.42. The van der Waals surface area contributed by atoms with Crippen LogP contribution < -0.4 is 4.90 Å². The van der Waals surface area contributed by atoms with Crippen LogP contribution in [0.2, 0.25) is 0 Å². The van der Waals surface area contributed by atoms with Crippen molar-refractivity contribution in [3.05, 3.63) is 76.7 Å². The van der Waals surface area contributed by atoms with E-state index in [1.54, 1.807) is 23.2 Å². The summed E-state index contributed by atoms with van der Waals surface area (Å²) in [6.45, 7) is 2.20. The molecule has 2 saturated heterocycles. The number of rotatable bonds is 6. The Labute approximate surface area is 236 Å². The highest BCUT2D eigenvalue weighted by atomic mass is 19.4. The van der Waals surface area contributed by atoms with Crippen molar-refractivity contribution in [2.45, 2.75) is 56.2 Å². The number of likely N-dealkylation sites (tertiary alicyclic amines) is 1. The molecule has 1 saturated carbocycles. The maximum atomic E-state index is 13.7. The van der Waals surface area contributed by atoms with Gasteiger partial charge in [-0.1, -0.05) is 18.2 Å². The average molecular weight is 568 g/mol. The largest absolute Gasteiger partial charge is 0.465 e. The van der Waals surface area contributed by atoms with E-state index in [9.17, 15) is 22.8 Å². The molecule has 3 aromatic rings. The van der Waals surface area contributed by atoms with Gasteiger partial charge in [0, 0.05) is 44.2 Å². The second kappa shape index (κ2) is 10.8. The normalized spacial score (nSPS) is 20.0. The Morgan fingerprint density at radius 2 is 1.68 bits per heavy atom. The number of carbonyl (C=O) groups excluding carboxylic acids is 2. The first-order chi connectivity index (χ1) is 19.7. The molecule has 0 radical (unpaired) electrons. The summed E-state index contributed by atoms with van der Waals surface area (Å²) in [5.41, 5.74) is 1.59. The summed E-state index contributed by atoms with van der Waals surface area (Å²) in [6, 6.07) is 9.36. The number of nitrogens with zero attached hydrogens (tertiary/aromatic N) is 5. The van der Waals surface area contributed by atoms with Crippen molar-refractivity contribution in [3.8, 4) is 0 Å². The number of methoxy groups -OCH3 is 1. The lowest BCUT2D eigenvalue weighted by Gasteiger charge is -2.33. The number of benzene rings is 1. The zero-order valence-corrected chi connectivity index (χ0v) is 22.8. The molecule has 11 heteroatoms. The number of hydrogen-bond acceptors (Lipinski definition) is 6. The van der Waals surface area contributed by atoms with Crippen LogP contribution in [0.15, 0.2) is 48.8 Å². The Kier molecular flexibility index (Phi) is 7.21. The number of anilines is 1. The van der Waals surface area contributed by atoms with Crippen molar-refractivity contribution in [1.82, 2.24) is 19.7 Å². The number of aromatic nitrogens is 3. The quantitative estimate of drug-likeness (QED) is 0.370. The first-order valence-corrected chi connectivity index (χ1v) is 14.1. The van der Waals surface area contributed by atoms with E-state index in [1.165, 1.54) is 25.4 Å². The molecule has 4 heterocycles. The second-order valence-electron chi connectivity index (χ2n) is 11.1. The molecule has 6 rings (SSSR count). The molecular weight excluding hydrogens is 535 g/mol. The van der Waals surface area contributed by atoms with E-state index in [0.29, 0.717) is 24.1 Å². The number of pyridine rings is 1. The third kappa shape index (κ3) is 5.41. The van der Waals surface area contributed by atoms with E-state index in [-0.39, 0.29) is 35.9 Å². The summed E-state index contributed by atoms with van der Waals surface area (Å²) >= 11 is 0. The Hall–Kier alpha value is -3.89. The summed E-state index contributed by atoms with van der Waals surface area (Å²) in [4.78, 5) is 33.7. The van der Waals surface area contributed by atoms with Crippen LogP contribution in [0.3, 0.4) is 0 Å². The molecule has 3 aliphatic rings. The molecular formula is C30H32F3N5O3. The molecule has 2 aliphatic heterocycles. The topological polar surface area (TPSA) is 80.6 Å². The van der Waals surface area contributed by atoms with Crippen LogP contribution in [0.5, 0.6) is 0 Å². The first-order valence-electron chi connectivity index (χ1n) is 14.1. The minimum absolute atomic E-state index is 0.141. The Morgan fingerprint density at radius 3 is 2.34 bits per heavy atom. The molecule has 3 fully saturated rings. The van der Waals surface area contributed by atoms with Gasteiger partial charge < -0.3 is 14.5 Å². The summed E-state index contributed by atoms with van der Waals surface area (Å²) in [7, 11) is 1.34. The van der Waals surface area contributed by atoms with Gasteiger partial charge >= 0.3 is 12.1 Å². The molecule has 216 valence electrons.